The van der Waals surface area contributed by atoms with Gasteiger partial charge in [-0.15, -0.1) is 0 Å². The first-order valence-corrected chi connectivity index (χ1v) is 11.0. The number of halogens is 1. The summed E-state index contributed by atoms with van der Waals surface area (Å²) in [7, 11) is 0. The lowest BCUT2D eigenvalue weighted by Gasteiger charge is -2.58. The van der Waals surface area contributed by atoms with E-state index in [1.54, 1.807) is 5.57 Å². The number of hydrogen-bond acceptors (Lipinski definition) is 2. The van der Waals surface area contributed by atoms with Gasteiger partial charge in [-0.2, -0.15) is 0 Å². The molecule has 6 atom stereocenters. The van der Waals surface area contributed by atoms with E-state index in [1.807, 2.05) is 0 Å². The van der Waals surface area contributed by atoms with Crippen molar-refractivity contribution < 1.29 is 9.47 Å². The minimum Gasteiger partial charge on any atom is -0.346 e. The van der Waals surface area contributed by atoms with Gasteiger partial charge in [0.1, 0.15) is 0 Å². The van der Waals surface area contributed by atoms with Crippen LogP contribution in [0.15, 0.2) is 11.6 Å². The molecule has 0 N–H and O–H groups in total. The van der Waals surface area contributed by atoms with Crippen molar-refractivity contribution in [1.82, 2.24) is 0 Å². The zero-order valence-electron chi connectivity index (χ0n) is 15.2. The van der Waals surface area contributed by atoms with Gasteiger partial charge in [0.25, 0.3) is 0 Å². The maximum absolute atomic E-state index is 6.31. The van der Waals surface area contributed by atoms with E-state index < -0.39 is 0 Å². The number of rotatable bonds is 0. The molecule has 5 rings (SSSR count). The predicted molar refractivity (Wildman–Crippen MR) is 99.1 cm³/mol. The van der Waals surface area contributed by atoms with Crippen LogP contribution in [0.3, 0.4) is 0 Å². The summed E-state index contributed by atoms with van der Waals surface area (Å²) < 4.78 is 12.6. The zero-order chi connectivity index (χ0) is 16.6. The summed E-state index contributed by atoms with van der Waals surface area (Å²) in [5.74, 6) is 2.07. The van der Waals surface area contributed by atoms with Crippen LogP contribution in [-0.2, 0) is 9.47 Å². The van der Waals surface area contributed by atoms with Crippen LogP contribution in [0, 0.1) is 28.6 Å². The average molecular weight is 395 g/mol. The van der Waals surface area contributed by atoms with Crippen LogP contribution in [0.1, 0.15) is 65.2 Å². The minimum absolute atomic E-state index is 0.176. The van der Waals surface area contributed by atoms with Crippen LogP contribution >= 0.6 is 15.9 Å². The summed E-state index contributed by atoms with van der Waals surface area (Å²) in [5, 5.41) is 0. The van der Waals surface area contributed by atoms with Gasteiger partial charge < -0.3 is 9.47 Å². The first-order valence-electron chi connectivity index (χ1n) is 10.1. The van der Waals surface area contributed by atoms with Crippen molar-refractivity contribution in [3.8, 4) is 0 Å². The Morgan fingerprint density at radius 1 is 1.08 bits per heavy atom. The van der Waals surface area contributed by atoms with Gasteiger partial charge in [-0.3, -0.25) is 0 Å². The van der Waals surface area contributed by atoms with Crippen LogP contribution in [0.4, 0.5) is 0 Å². The third-order valence-electron chi connectivity index (χ3n) is 8.79. The summed E-state index contributed by atoms with van der Waals surface area (Å²) in [5.41, 5.74) is 2.46. The number of hydrogen-bond donors (Lipinski definition) is 0. The Labute approximate surface area is 154 Å². The van der Waals surface area contributed by atoms with E-state index in [-0.39, 0.29) is 11.2 Å². The van der Waals surface area contributed by atoms with Gasteiger partial charge in [0.05, 0.1) is 18.0 Å². The summed E-state index contributed by atoms with van der Waals surface area (Å²) in [4.78, 5) is 0.353. The molecule has 5 aliphatic rings. The molecule has 3 heteroatoms. The van der Waals surface area contributed by atoms with E-state index in [4.69, 9.17) is 9.47 Å². The Kier molecular flexibility index (Phi) is 3.62. The van der Waals surface area contributed by atoms with E-state index in [9.17, 15) is 0 Å². The van der Waals surface area contributed by atoms with Crippen molar-refractivity contribution in [3.63, 3.8) is 0 Å². The fourth-order valence-corrected chi connectivity index (χ4v) is 8.75. The molecular weight excluding hydrogens is 364 g/mol. The molecule has 0 amide bonds. The van der Waals surface area contributed by atoms with Crippen LogP contribution in [-0.4, -0.2) is 23.8 Å². The highest BCUT2D eigenvalue weighted by molar-refractivity contribution is 9.09. The van der Waals surface area contributed by atoms with Gasteiger partial charge in [0, 0.05) is 5.41 Å². The summed E-state index contributed by atoms with van der Waals surface area (Å²) in [6.07, 6.45) is 13.4. The molecule has 24 heavy (non-hydrogen) atoms. The highest BCUT2D eigenvalue weighted by Crippen LogP contribution is 2.69. The molecule has 3 saturated carbocycles. The molecule has 0 bridgehead atoms. The Bertz CT molecular complexity index is 566. The van der Waals surface area contributed by atoms with E-state index >= 15 is 0 Å². The van der Waals surface area contributed by atoms with Gasteiger partial charge in [0.2, 0.25) is 0 Å². The second-order valence-corrected chi connectivity index (χ2v) is 10.6. The second kappa shape index (κ2) is 5.33. The standard InChI is InChI=1S/C21H31BrO2/c1-19-9-4-3-5-14(19)6-7-15-16(19)8-10-20(2)17(15)13-18(22)21(20)23-11-12-24-21/h6,15-18H,3-5,7-13H2,1-2H3/t15-,16+,17+,18-,19+,20+/m1/s1. The maximum atomic E-state index is 6.31. The molecule has 4 fully saturated rings. The Balaban J connectivity index is 1.53. The van der Waals surface area contributed by atoms with Crippen molar-refractivity contribution in [2.24, 2.45) is 28.6 Å². The van der Waals surface area contributed by atoms with Crippen molar-refractivity contribution in [2.45, 2.75) is 75.8 Å². The first kappa shape index (κ1) is 16.3. The number of ether oxygens (including phenoxy) is 2. The zero-order valence-corrected chi connectivity index (χ0v) is 16.7. The third-order valence-corrected chi connectivity index (χ3v) is 9.77. The highest BCUT2D eigenvalue weighted by atomic mass is 79.9. The van der Waals surface area contributed by atoms with Crippen LogP contribution in [0.5, 0.6) is 0 Å². The first-order chi connectivity index (χ1) is 11.5. The van der Waals surface area contributed by atoms with Gasteiger partial charge >= 0.3 is 0 Å². The quantitative estimate of drug-likeness (QED) is 0.401. The van der Waals surface area contributed by atoms with E-state index in [2.05, 4.69) is 35.9 Å². The molecule has 0 aromatic carbocycles. The van der Waals surface area contributed by atoms with E-state index in [0.717, 1.165) is 31.0 Å². The van der Waals surface area contributed by atoms with Crippen molar-refractivity contribution in [2.75, 3.05) is 13.2 Å². The predicted octanol–water partition coefficient (Wildman–Crippen LogP) is 5.46. The SMILES string of the molecule is C[C@]12CCCCC1=CC[C@@H]1[C@@H]2CC[C@@]2(C)[C@H]1C[C@@H](Br)C21OCCO1. The number of fused-ring (bicyclic) bond motifs is 6. The summed E-state index contributed by atoms with van der Waals surface area (Å²) in [6.45, 7) is 6.60. The normalized spacial score (nSPS) is 52.5. The van der Waals surface area contributed by atoms with Gasteiger partial charge in [-0.1, -0.05) is 47.8 Å². The van der Waals surface area contributed by atoms with Gasteiger partial charge in [0.15, 0.2) is 5.79 Å². The molecule has 1 saturated heterocycles. The van der Waals surface area contributed by atoms with Crippen LogP contribution in [0.25, 0.3) is 0 Å². The topological polar surface area (TPSA) is 18.5 Å². The monoisotopic (exact) mass is 394 g/mol. The molecular formula is C21H31BrO2. The Hall–Kier alpha value is 0.140. The van der Waals surface area contributed by atoms with Gasteiger partial charge in [-0.25, -0.2) is 0 Å². The lowest BCUT2D eigenvalue weighted by atomic mass is 9.48. The molecule has 0 aromatic heterocycles. The van der Waals surface area contributed by atoms with Crippen molar-refractivity contribution in [3.05, 3.63) is 11.6 Å². The fraction of sp³-hybridized carbons (Fsp3) is 0.905. The lowest BCUT2D eigenvalue weighted by Crippen LogP contribution is -2.56. The maximum Gasteiger partial charge on any atom is 0.186 e. The molecule has 134 valence electrons. The Morgan fingerprint density at radius 2 is 1.88 bits per heavy atom. The molecule has 1 aliphatic heterocycles. The van der Waals surface area contributed by atoms with Crippen LogP contribution in [0.2, 0.25) is 0 Å². The molecule has 4 aliphatic carbocycles. The number of alkyl halides is 1. The van der Waals surface area contributed by atoms with Gasteiger partial charge in [-0.05, 0) is 68.1 Å². The molecule has 1 heterocycles. The summed E-state index contributed by atoms with van der Waals surface area (Å²) in [6, 6.07) is 0. The van der Waals surface area contributed by atoms with E-state index in [1.165, 1.54) is 51.4 Å². The minimum atomic E-state index is -0.361. The summed E-state index contributed by atoms with van der Waals surface area (Å²) >= 11 is 3.98. The molecule has 0 unspecified atom stereocenters. The third kappa shape index (κ3) is 1.85. The van der Waals surface area contributed by atoms with Crippen molar-refractivity contribution in [1.29, 1.82) is 0 Å². The fourth-order valence-electron chi connectivity index (χ4n) is 7.56. The second-order valence-electron chi connectivity index (χ2n) is 9.49. The highest BCUT2D eigenvalue weighted by Gasteiger charge is 2.69. The van der Waals surface area contributed by atoms with Crippen molar-refractivity contribution >= 4 is 15.9 Å². The molecule has 0 aromatic rings. The average Bonchev–Trinajstić information content (AvgIpc) is 3.15. The molecule has 2 nitrogen and oxygen atoms in total. The lowest BCUT2D eigenvalue weighted by molar-refractivity contribution is -0.238. The molecule has 0 radical (unpaired) electrons. The molecule has 1 spiro atoms. The largest absolute Gasteiger partial charge is 0.346 e. The number of allylic oxidation sites excluding steroid dienone is 2. The smallest absolute Gasteiger partial charge is 0.186 e. The Morgan fingerprint density at radius 3 is 2.67 bits per heavy atom. The van der Waals surface area contributed by atoms with E-state index in [0.29, 0.717) is 10.2 Å². The van der Waals surface area contributed by atoms with Crippen LogP contribution < -0.4 is 0 Å².